The zero-order chi connectivity index (χ0) is 65.6. The molecule has 0 spiro atoms. The SMILES string of the molecule is C=CC1C=CC(C2CC=C(C3(C4C=CC(F)=CC4)C4=C(C=CC(N(C5=CC6C7C=C(N(C8=CC=CCC8)c8ccc9c(c8)C(C8C=CC(C%10=CCC(C=C)CC%10)=CC8)(C8CC=C(F)CC8)c8ccccc8-9)CCC7[Si](C)(C)C6C=C5)c5ccccc5)C4)C4C=CCCC43)CC2)=CC1. The van der Waals surface area contributed by atoms with Gasteiger partial charge in [-0.1, -0.05) is 200 Å². The van der Waals surface area contributed by atoms with Crippen LogP contribution in [0.15, 0.2) is 300 Å². The van der Waals surface area contributed by atoms with Crippen LogP contribution in [-0.2, 0) is 5.41 Å². The van der Waals surface area contributed by atoms with Crippen LogP contribution in [0.5, 0.6) is 0 Å². The number of fused-ring (bicyclic) bond motifs is 8. The molecule has 3 aromatic rings. The van der Waals surface area contributed by atoms with Gasteiger partial charge < -0.3 is 9.80 Å². The Balaban J connectivity index is 0.739. The molecule has 0 radical (unpaired) electrons. The predicted molar refractivity (Wildman–Crippen MR) is 404 cm³/mol. The van der Waals surface area contributed by atoms with Gasteiger partial charge in [-0.2, -0.15) is 0 Å². The molecular formula is C92H98F2N2Si. The first kappa shape index (κ1) is 62.9. The minimum atomic E-state index is -1.86. The van der Waals surface area contributed by atoms with Gasteiger partial charge in [0, 0.05) is 45.2 Å². The van der Waals surface area contributed by atoms with Crippen LogP contribution in [0, 0.1) is 64.6 Å². The fourth-order valence-corrected chi connectivity index (χ4v) is 27.1. The molecule has 1 heterocycles. The summed E-state index contributed by atoms with van der Waals surface area (Å²) in [5.74, 6) is 3.67. The van der Waals surface area contributed by atoms with Crippen molar-refractivity contribution in [1.82, 2.24) is 0 Å². The maximum absolute atomic E-state index is 15.4. The fourth-order valence-electron chi connectivity index (χ4n) is 22.5. The summed E-state index contributed by atoms with van der Waals surface area (Å²) in [6.45, 7) is 13.7. The highest BCUT2D eigenvalue weighted by atomic mass is 28.3. The highest BCUT2D eigenvalue weighted by molar-refractivity contribution is 6.81. The number of hydrogen-bond acceptors (Lipinski definition) is 2. The molecule has 14 aliphatic rings. The molecule has 3 aromatic carbocycles. The number of halogens is 2. The quantitative estimate of drug-likeness (QED) is 0.117. The second-order valence-corrected chi connectivity index (χ2v) is 36.9. The van der Waals surface area contributed by atoms with Gasteiger partial charge in [-0.15, -0.1) is 13.2 Å². The van der Waals surface area contributed by atoms with E-state index in [1.54, 1.807) is 11.1 Å². The Labute approximate surface area is 579 Å². The predicted octanol–water partition coefficient (Wildman–Crippen LogP) is 24.4. The summed E-state index contributed by atoms with van der Waals surface area (Å²) in [6, 6.07) is 28.4. The second-order valence-electron chi connectivity index (χ2n) is 31.8. The third-order valence-corrected chi connectivity index (χ3v) is 32.0. The molecule has 17 rings (SSSR count). The summed E-state index contributed by atoms with van der Waals surface area (Å²) in [6.07, 6.45) is 79.2. The molecule has 0 bridgehead atoms. The van der Waals surface area contributed by atoms with Gasteiger partial charge in [0.05, 0.1) is 19.9 Å². The minimum absolute atomic E-state index is 0.0489. The number of benzene rings is 3. The molecule has 1 saturated heterocycles. The van der Waals surface area contributed by atoms with Crippen LogP contribution in [0.3, 0.4) is 0 Å². The summed E-state index contributed by atoms with van der Waals surface area (Å²) in [5, 5.41) is 0. The van der Waals surface area contributed by atoms with Gasteiger partial charge in [-0.25, -0.2) is 8.78 Å². The molecule has 5 heteroatoms. The fraction of sp³-hybridized carbons (Fsp3) is 0.391. The first-order valence-corrected chi connectivity index (χ1v) is 40.9. The van der Waals surface area contributed by atoms with Crippen LogP contribution < -0.4 is 9.80 Å². The Morgan fingerprint density at radius 1 is 0.598 bits per heavy atom. The lowest BCUT2D eigenvalue weighted by molar-refractivity contribution is 0.159. The zero-order valence-corrected chi connectivity index (χ0v) is 58.4. The van der Waals surface area contributed by atoms with Gasteiger partial charge >= 0.3 is 0 Å². The average Bonchev–Trinajstić information content (AvgIpc) is 1.61. The number of rotatable bonds is 14. The van der Waals surface area contributed by atoms with Gasteiger partial charge in [0.1, 0.15) is 5.83 Å². The van der Waals surface area contributed by atoms with Gasteiger partial charge in [-0.05, 0) is 279 Å². The topological polar surface area (TPSA) is 6.48 Å². The van der Waals surface area contributed by atoms with E-state index in [1.165, 1.54) is 79.4 Å². The van der Waals surface area contributed by atoms with Crippen molar-refractivity contribution >= 4 is 19.4 Å². The van der Waals surface area contributed by atoms with Crippen molar-refractivity contribution in [3.63, 3.8) is 0 Å². The summed E-state index contributed by atoms with van der Waals surface area (Å²) >= 11 is 0. The number of anilines is 2. The van der Waals surface area contributed by atoms with E-state index in [-0.39, 0.29) is 46.3 Å². The van der Waals surface area contributed by atoms with Crippen molar-refractivity contribution in [2.45, 2.75) is 158 Å². The van der Waals surface area contributed by atoms with Crippen LogP contribution in [0.1, 0.15) is 133 Å². The highest BCUT2D eigenvalue weighted by Crippen LogP contribution is 2.69. The van der Waals surface area contributed by atoms with E-state index in [4.69, 9.17) is 0 Å². The maximum atomic E-state index is 15.4. The Bertz CT molecular complexity index is 4260. The molecule has 0 N–H and O–H groups in total. The minimum Gasteiger partial charge on any atom is -0.335 e. The van der Waals surface area contributed by atoms with Crippen molar-refractivity contribution in [2.24, 2.45) is 64.6 Å². The molecule has 0 saturated carbocycles. The molecule has 15 atom stereocenters. The highest BCUT2D eigenvalue weighted by Gasteiger charge is 2.60. The molecule has 97 heavy (non-hydrogen) atoms. The van der Waals surface area contributed by atoms with E-state index >= 15 is 8.78 Å². The Kier molecular flexibility index (Phi) is 16.6. The Morgan fingerprint density at radius 2 is 1.45 bits per heavy atom. The van der Waals surface area contributed by atoms with Gasteiger partial charge in [0.25, 0.3) is 0 Å². The number of allylic oxidation sites excluding steroid dienone is 33. The third-order valence-electron chi connectivity index (χ3n) is 27.1. The van der Waals surface area contributed by atoms with Gasteiger partial charge in [0.15, 0.2) is 0 Å². The molecule has 0 aromatic heterocycles. The van der Waals surface area contributed by atoms with Crippen LogP contribution >= 0.6 is 0 Å². The van der Waals surface area contributed by atoms with Crippen LogP contribution in [0.4, 0.5) is 20.2 Å². The Hall–Kier alpha value is -7.60. The van der Waals surface area contributed by atoms with Crippen molar-refractivity contribution in [2.75, 3.05) is 9.80 Å². The van der Waals surface area contributed by atoms with Crippen LogP contribution in [0.25, 0.3) is 11.1 Å². The first-order valence-electron chi connectivity index (χ1n) is 37.8. The third kappa shape index (κ3) is 10.5. The lowest BCUT2D eigenvalue weighted by Crippen LogP contribution is -2.44. The molecule has 494 valence electrons. The summed E-state index contributed by atoms with van der Waals surface area (Å²) in [4.78, 5) is 5.48. The molecule has 13 aliphatic carbocycles. The van der Waals surface area contributed by atoms with Crippen LogP contribution in [-0.4, -0.2) is 14.1 Å². The standard InChI is InChI=1S/C92H98F2N2Si/c1-5-61-25-29-63(30-26-61)65-33-37-67(38-34-65)91(69-41-45-71(93)46-42-69)85-23-15-13-21-79(85)81-53-49-77(59-87(81)91)95(73-17-9-7-10-18-73)75-51-55-89-83(57-75)84-58-76(52-56-90(84)97(89,3)4)96(74-19-11-8-12-20-74)78-50-54-82-80-22-14-16-24-86(80)92(88(82)60-78,70-43-47-72(94)48-44-70)68-39-35-66(36-40-68)64-31-27-62(6-2)28-32-64/h5-11,13-14,16-19,21-22,24-25,29-31,35-37,39,41,45-47,49-51,53-55,57-58,60-62,65,68-70,77,79,83-85,89-90H,1-2,12,15,20,23,26-28,32-34,38,40,42-44,48,52,56,59H2,3-4H3. The molecular weight excluding hydrogens is 1200 g/mol. The summed E-state index contributed by atoms with van der Waals surface area (Å²) < 4.78 is 30.8. The lowest BCUT2D eigenvalue weighted by Gasteiger charge is -2.50. The Morgan fingerprint density at radius 3 is 2.21 bits per heavy atom. The van der Waals surface area contributed by atoms with E-state index in [1.807, 2.05) is 18.2 Å². The van der Waals surface area contributed by atoms with E-state index < -0.39 is 8.07 Å². The van der Waals surface area contributed by atoms with E-state index in [9.17, 15) is 0 Å². The summed E-state index contributed by atoms with van der Waals surface area (Å²) in [7, 11) is -1.86. The summed E-state index contributed by atoms with van der Waals surface area (Å²) in [5.41, 5.74) is 22.0. The van der Waals surface area contributed by atoms with E-state index in [0.717, 1.165) is 109 Å². The number of para-hydroxylation sites is 1. The number of nitrogens with zero attached hydrogens (tertiary/aromatic N) is 2. The van der Waals surface area contributed by atoms with Gasteiger partial charge in [-0.3, -0.25) is 0 Å². The maximum Gasteiger partial charge on any atom is 0.118 e. The largest absolute Gasteiger partial charge is 0.335 e. The molecule has 2 nitrogen and oxygen atoms in total. The average molecular weight is 1300 g/mol. The van der Waals surface area contributed by atoms with Crippen molar-refractivity contribution < 1.29 is 8.78 Å². The first-order chi connectivity index (χ1) is 47.5. The second kappa shape index (κ2) is 25.6. The smallest absolute Gasteiger partial charge is 0.118 e. The lowest BCUT2D eigenvalue weighted by atomic mass is 9.54. The van der Waals surface area contributed by atoms with Crippen LogP contribution in [0.2, 0.25) is 24.2 Å². The van der Waals surface area contributed by atoms with Gasteiger partial charge in [0.2, 0.25) is 0 Å². The zero-order valence-electron chi connectivity index (χ0n) is 57.4. The van der Waals surface area contributed by atoms with E-state index in [0.29, 0.717) is 58.9 Å². The molecule has 0 amide bonds. The monoisotopic (exact) mass is 1300 g/mol. The van der Waals surface area contributed by atoms with Crippen molar-refractivity contribution in [3.05, 3.63) is 311 Å². The van der Waals surface area contributed by atoms with Crippen molar-refractivity contribution in [1.29, 1.82) is 0 Å². The molecule has 1 fully saturated rings. The molecule has 15 unspecified atom stereocenters. The van der Waals surface area contributed by atoms with Crippen molar-refractivity contribution in [3.8, 4) is 11.1 Å². The molecule has 1 aliphatic heterocycles. The van der Waals surface area contributed by atoms with E-state index in [2.05, 4.69) is 243 Å². The normalized spacial score (nSPS) is 34.8. The number of hydrogen-bond donors (Lipinski definition) is 0.